The van der Waals surface area contributed by atoms with Crippen molar-refractivity contribution in [2.75, 3.05) is 0 Å². The van der Waals surface area contributed by atoms with Crippen molar-refractivity contribution in [3.63, 3.8) is 0 Å². The first-order valence-corrected chi connectivity index (χ1v) is 7.95. The molecule has 0 aliphatic heterocycles. The normalized spacial score (nSPS) is 11.3. The number of pyridine rings is 1. The van der Waals surface area contributed by atoms with Gasteiger partial charge in [0.1, 0.15) is 16.6 Å². The van der Waals surface area contributed by atoms with E-state index in [4.69, 9.17) is 5.26 Å². The van der Waals surface area contributed by atoms with E-state index in [0.29, 0.717) is 27.5 Å². The molecule has 2 aromatic heterocycles. The maximum absolute atomic E-state index is 12.8. The first kappa shape index (κ1) is 16.9. The molecule has 25 heavy (non-hydrogen) atoms. The van der Waals surface area contributed by atoms with Gasteiger partial charge in [0.25, 0.3) is 5.56 Å². The number of aromatic nitrogens is 2. The molecule has 0 saturated carbocycles. The monoisotopic (exact) mass is 361 g/mol. The summed E-state index contributed by atoms with van der Waals surface area (Å²) in [6, 6.07) is 8.17. The lowest BCUT2D eigenvalue weighted by atomic mass is 10.1. The van der Waals surface area contributed by atoms with E-state index >= 15 is 0 Å². The van der Waals surface area contributed by atoms with Crippen molar-refractivity contribution in [2.45, 2.75) is 13.1 Å². The predicted molar refractivity (Wildman–Crippen MR) is 88.1 cm³/mol. The van der Waals surface area contributed by atoms with Crippen molar-refractivity contribution in [2.24, 2.45) is 0 Å². The van der Waals surface area contributed by atoms with Crippen LogP contribution in [-0.2, 0) is 6.18 Å². The van der Waals surface area contributed by atoms with Gasteiger partial charge in [0.2, 0.25) is 0 Å². The molecule has 126 valence electrons. The molecule has 3 rings (SSSR count). The summed E-state index contributed by atoms with van der Waals surface area (Å²) in [5, 5.41) is 11.1. The topological polar surface area (TPSA) is 69.5 Å². The summed E-state index contributed by atoms with van der Waals surface area (Å²) in [4.78, 5) is 18.5. The average Bonchev–Trinajstić information content (AvgIpc) is 3.04. The van der Waals surface area contributed by atoms with Crippen LogP contribution in [0.4, 0.5) is 13.2 Å². The Bertz CT molecular complexity index is 1040. The van der Waals surface area contributed by atoms with Crippen LogP contribution in [0.2, 0.25) is 0 Å². The Morgan fingerprint density at radius 2 is 2.04 bits per heavy atom. The van der Waals surface area contributed by atoms with Gasteiger partial charge in [-0.1, -0.05) is 12.1 Å². The van der Waals surface area contributed by atoms with Crippen LogP contribution >= 0.6 is 11.3 Å². The van der Waals surface area contributed by atoms with Crippen LogP contribution < -0.4 is 5.56 Å². The zero-order valence-electron chi connectivity index (χ0n) is 12.8. The molecule has 1 N–H and O–H groups in total. The number of aryl methyl sites for hydroxylation is 1. The molecule has 0 unspecified atom stereocenters. The van der Waals surface area contributed by atoms with Crippen LogP contribution in [0.25, 0.3) is 21.8 Å². The summed E-state index contributed by atoms with van der Waals surface area (Å²) in [6.45, 7) is 1.67. The summed E-state index contributed by atoms with van der Waals surface area (Å²) in [5.74, 6) is 0. The van der Waals surface area contributed by atoms with Crippen molar-refractivity contribution >= 4 is 11.3 Å². The van der Waals surface area contributed by atoms with Gasteiger partial charge in [0.15, 0.2) is 0 Å². The van der Waals surface area contributed by atoms with Gasteiger partial charge in [0.05, 0.1) is 11.3 Å². The molecule has 3 aromatic rings. The number of thiazole rings is 1. The van der Waals surface area contributed by atoms with Gasteiger partial charge >= 0.3 is 6.18 Å². The van der Waals surface area contributed by atoms with E-state index in [1.807, 2.05) is 0 Å². The van der Waals surface area contributed by atoms with Gasteiger partial charge in [-0.15, -0.1) is 11.3 Å². The predicted octanol–water partition coefficient (Wildman–Crippen LogP) is 4.36. The van der Waals surface area contributed by atoms with Gasteiger partial charge in [-0.05, 0) is 25.1 Å². The van der Waals surface area contributed by atoms with E-state index in [9.17, 15) is 18.0 Å². The number of hydrogen-bond acceptors (Lipinski definition) is 4. The van der Waals surface area contributed by atoms with E-state index < -0.39 is 17.3 Å². The Morgan fingerprint density at radius 3 is 2.72 bits per heavy atom. The SMILES string of the molecule is Cc1[nH]c(=O)c(C#N)cc1-c1csc(-c2cccc(C(F)(F)F)c2)n1. The van der Waals surface area contributed by atoms with Gasteiger partial charge in [-0.3, -0.25) is 4.79 Å². The quantitative estimate of drug-likeness (QED) is 0.737. The van der Waals surface area contributed by atoms with Crippen LogP contribution in [0.1, 0.15) is 16.8 Å². The summed E-state index contributed by atoms with van der Waals surface area (Å²) >= 11 is 1.19. The third-order valence-electron chi connectivity index (χ3n) is 3.58. The minimum atomic E-state index is -4.42. The second-order valence-corrected chi connectivity index (χ2v) is 6.14. The minimum Gasteiger partial charge on any atom is -0.325 e. The summed E-state index contributed by atoms with van der Waals surface area (Å²) < 4.78 is 38.5. The number of hydrogen-bond donors (Lipinski definition) is 1. The van der Waals surface area contributed by atoms with Crippen LogP contribution in [0, 0.1) is 18.3 Å². The van der Waals surface area contributed by atoms with Gasteiger partial charge < -0.3 is 4.98 Å². The maximum atomic E-state index is 12.8. The lowest BCUT2D eigenvalue weighted by Gasteiger charge is -2.07. The largest absolute Gasteiger partial charge is 0.416 e. The first-order valence-electron chi connectivity index (χ1n) is 7.07. The molecule has 0 fully saturated rings. The number of nitrogens with zero attached hydrogens (tertiary/aromatic N) is 2. The van der Waals surface area contributed by atoms with Crippen LogP contribution in [0.15, 0.2) is 40.5 Å². The first-order chi connectivity index (χ1) is 11.8. The Morgan fingerprint density at radius 1 is 1.28 bits per heavy atom. The van der Waals surface area contributed by atoms with Gasteiger partial charge in [-0.25, -0.2) is 4.98 Å². The lowest BCUT2D eigenvalue weighted by molar-refractivity contribution is -0.137. The van der Waals surface area contributed by atoms with Crippen LogP contribution in [0.5, 0.6) is 0 Å². The number of aromatic amines is 1. The van der Waals surface area contributed by atoms with Crippen molar-refractivity contribution in [3.05, 3.63) is 62.9 Å². The third-order valence-corrected chi connectivity index (χ3v) is 4.47. The second kappa shape index (κ2) is 6.18. The Hall–Kier alpha value is -2.92. The van der Waals surface area contributed by atoms with Crippen molar-refractivity contribution in [1.82, 2.24) is 9.97 Å². The molecule has 0 bridgehead atoms. The number of H-pyrrole nitrogens is 1. The zero-order valence-corrected chi connectivity index (χ0v) is 13.6. The smallest absolute Gasteiger partial charge is 0.325 e. The fourth-order valence-electron chi connectivity index (χ4n) is 2.33. The molecule has 2 heterocycles. The zero-order chi connectivity index (χ0) is 18.2. The van der Waals surface area contributed by atoms with Crippen molar-refractivity contribution in [3.8, 4) is 27.9 Å². The Labute approximate surface area is 144 Å². The molecule has 0 spiro atoms. The Kier molecular flexibility index (Phi) is 4.18. The highest BCUT2D eigenvalue weighted by atomic mass is 32.1. The number of rotatable bonds is 2. The molecular weight excluding hydrogens is 351 g/mol. The van der Waals surface area contributed by atoms with E-state index in [0.717, 1.165) is 12.1 Å². The fourth-order valence-corrected chi connectivity index (χ4v) is 3.15. The highest BCUT2D eigenvalue weighted by molar-refractivity contribution is 7.13. The maximum Gasteiger partial charge on any atom is 0.416 e. The number of alkyl halides is 3. The van der Waals surface area contributed by atoms with E-state index in [2.05, 4.69) is 9.97 Å². The van der Waals surface area contributed by atoms with Gasteiger partial charge in [-0.2, -0.15) is 18.4 Å². The molecule has 0 aliphatic carbocycles. The van der Waals surface area contributed by atoms with Crippen molar-refractivity contribution < 1.29 is 13.2 Å². The molecule has 0 atom stereocenters. The Balaban J connectivity index is 2.05. The highest BCUT2D eigenvalue weighted by Gasteiger charge is 2.30. The number of nitrogens with one attached hydrogen (secondary N) is 1. The lowest BCUT2D eigenvalue weighted by Crippen LogP contribution is -2.11. The molecule has 0 radical (unpaired) electrons. The van der Waals surface area contributed by atoms with Crippen molar-refractivity contribution in [1.29, 1.82) is 5.26 Å². The van der Waals surface area contributed by atoms with Crippen LogP contribution in [-0.4, -0.2) is 9.97 Å². The third kappa shape index (κ3) is 3.32. The number of halogens is 3. The summed E-state index contributed by atoms with van der Waals surface area (Å²) in [6.07, 6.45) is -4.42. The van der Waals surface area contributed by atoms with E-state index in [-0.39, 0.29) is 5.56 Å². The molecular formula is C17H10F3N3OS. The van der Waals surface area contributed by atoms with Gasteiger partial charge in [0, 0.05) is 22.2 Å². The highest BCUT2D eigenvalue weighted by Crippen LogP contribution is 2.34. The van der Waals surface area contributed by atoms with Crippen LogP contribution in [0.3, 0.4) is 0 Å². The van der Waals surface area contributed by atoms with E-state index in [1.165, 1.54) is 23.5 Å². The molecule has 4 nitrogen and oxygen atoms in total. The molecule has 0 saturated heterocycles. The van der Waals surface area contributed by atoms with E-state index in [1.54, 1.807) is 24.4 Å². The number of benzene rings is 1. The average molecular weight is 361 g/mol. The standard InChI is InChI=1S/C17H10F3N3OS/c1-9-13(6-11(7-21)15(24)22-9)14-8-25-16(23-14)10-3-2-4-12(5-10)17(18,19)20/h2-6,8H,1H3,(H,22,24). The summed E-state index contributed by atoms with van der Waals surface area (Å²) in [7, 11) is 0. The number of nitriles is 1. The molecule has 0 amide bonds. The second-order valence-electron chi connectivity index (χ2n) is 5.28. The summed E-state index contributed by atoms with van der Waals surface area (Å²) in [5.41, 5.74) is 0.659. The molecule has 0 aliphatic rings. The minimum absolute atomic E-state index is 0.0470. The fraction of sp³-hybridized carbons (Fsp3) is 0.118. The molecule has 8 heteroatoms. The molecule has 1 aromatic carbocycles.